The minimum atomic E-state index is -0.894. The molecule has 1 aliphatic heterocycles. The Morgan fingerprint density at radius 3 is 2.46 bits per heavy atom. The first kappa shape index (κ1) is 40.6. The molecule has 9 atom stereocenters. The average molecular weight is 786 g/mol. The van der Waals surface area contributed by atoms with E-state index in [-0.39, 0.29) is 47.9 Å². The molecule has 2 aromatic carbocycles. The van der Waals surface area contributed by atoms with Gasteiger partial charge in [0.25, 0.3) is 5.91 Å². The fraction of sp³-hybridized carbons (Fsp3) is 0.659. The lowest BCUT2D eigenvalue weighted by Crippen LogP contribution is -2.62. The predicted molar refractivity (Wildman–Crippen MR) is 208 cm³/mol. The fourth-order valence-electron chi connectivity index (χ4n) is 9.32. The standard InChI is InChI=1S/C41H61BrN4O6/c1-23-32-17-28(41(32,6)7)18-33(23)44-39(50)36-35(24(2)48)34(22-47)52-46(36)20-25-12-11-13-31(37(25)51-10)26-14-27(16-29(42)15-26)38(49)43-30(21-45(8)9)19-40(3,4)5/h11-16,23-24,28,30,32-36,47-48H,17-22H2,1-10H3,(H,43,49)(H,44,50)/t23-,24-,28+,30-,32+,33-,34-,35+,36-/m0/s1. The van der Waals surface area contributed by atoms with E-state index in [1.807, 2.05) is 50.5 Å². The van der Waals surface area contributed by atoms with E-state index in [4.69, 9.17) is 9.57 Å². The first-order chi connectivity index (χ1) is 24.3. The van der Waals surface area contributed by atoms with Gasteiger partial charge < -0.3 is 30.5 Å². The van der Waals surface area contributed by atoms with Crippen LogP contribution >= 0.6 is 15.9 Å². The number of aliphatic hydroxyl groups excluding tert-OH is 2. The van der Waals surface area contributed by atoms with E-state index in [1.54, 1.807) is 19.1 Å². The highest BCUT2D eigenvalue weighted by atomic mass is 79.9. The van der Waals surface area contributed by atoms with E-state index in [0.717, 1.165) is 40.5 Å². The number of nitrogens with one attached hydrogen (secondary N) is 2. The Morgan fingerprint density at radius 2 is 1.88 bits per heavy atom. The number of nitrogens with zero attached hydrogens (tertiary/aromatic N) is 2. The Morgan fingerprint density at radius 1 is 1.17 bits per heavy atom. The highest BCUT2D eigenvalue weighted by Crippen LogP contribution is 2.61. The van der Waals surface area contributed by atoms with Crippen molar-refractivity contribution in [3.8, 4) is 16.9 Å². The van der Waals surface area contributed by atoms with E-state index in [9.17, 15) is 19.8 Å². The highest BCUT2D eigenvalue weighted by molar-refractivity contribution is 9.10. The summed E-state index contributed by atoms with van der Waals surface area (Å²) in [7, 11) is 5.62. The number of para-hydroxylation sites is 1. The lowest BCUT2D eigenvalue weighted by molar-refractivity contribution is -0.183. The first-order valence-electron chi connectivity index (χ1n) is 18.8. The molecule has 3 saturated carbocycles. The zero-order valence-corrected chi connectivity index (χ0v) is 34.3. The fourth-order valence-corrected chi connectivity index (χ4v) is 9.81. The van der Waals surface area contributed by atoms with E-state index in [2.05, 4.69) is 73.0 Å². The number of ether oxygens (including phenoxy) is 1. The van der Waals surface area contributed by atoms with Crippen LogP contribution in [0.3, 0.4) is 0 Å². The van der Waals surface area contributed by atoms with Gasteiger partial charge in [-0.05, 0) is 92.6 Å². The van der Waals surface area contributed by atoms with Gasteiger partial charge in [0.1, 0.15) is 17.9 Å². The van der Waals surface area contributed by atoms with Crippen LogP contribution < -0.4 is 15.4 Å². The number of aliphatic hydroxyl groups is 2. The Labute approximate surface area is 319 Å². The molecule has 1 saturated heterocycles. The van der Waals surface area contributed by atoms with Crippen molar-refractivity contribution in [3.63, 3.8) is 0 Å². The van der Waals surface area contributed by atoms with E-state index < -0.39 is 24.2 Å². The molecule has 2 aromatic rings. The van der Waals surface area contributed by atoms with Crippen molar-refractivity contribution in [2.45, 2.75) is 105 Å². The SMILES string of the molecule is COc1c(CN2O[C@@H](CO)[C@@H]([C@H](C)O)[C@H]2C(=O)N[C@H]2C[C@H]3C[C@H]([C@@H]2C)C3(C)C)cccc1-c1cc(Br)cc(C(=O)N[C@H](CN(C)C)CC(C)(C)C)c1. The van der Waals surface area contributed by atoms with Gasteiger partial charge >= 0.3 is 0 Å². The molecule has 6 rings (SSSR count). The zero-order valence-electron chi connectivity index (χ0n) is 32.7. The summed E-state index contributed by atoms with van der Waals surface area (Å²) in [6, 6.07) is 10.6. The normalized spacial score (nSPS) is 28.2. The number of hydroxylamine groups is 2. The van der Waals surface area contributed by atoms with Gasteiger partial charge in [-0.1, -0.05) is 75.7 Å². The summed E-state index contributed by atoms with van der Waals surface area (Å²) in [5, 5.41) is 29.4. The second-order valence-corrected chi connectivity index (χ2v) is 18.6. The van der Waals surface area contributed by atoms with Crippen molar-refractivity contribution in [3.05, 3.63) is 52.0 Å². The van der Waals surface area contributed by atoms with Crippen LogP contribution in [0.15, 0.2) is 40.9 Å². The third-order valence-electron chi connectivity index (χ3n) is 11.9. The monoisotopic (exact) mass is 784 g/mol. The number of likely N-dealkylation sites (N-methyl/N-ethyl adjacent to an activating group) is 1. The maximum atomic E-state index is 14.2. The van der Waals surface area contributed by atoms with Crippen molar-refractivity contribution in [1.82, 2.24) is 20.6 Å². The minimum Gasteiger partial charge on any atom is -0.496 e. The number of halogens is 1. The molecule has 11 heteroatoms. The maximum absolute atomic E-state index is 14.2. The number of fused-ring (bicyclic) bond motifs is 2. The van der Waals surface area contributed by atoms with Crippen LogP contribution in [0, 0.1) is 34.5 Å². The summed E-state index contributed by atoms with van der Waals surface area (Å²) in [6.07, 6.45) is 1.33. The predicted octanol–water partition coefficient (Wildman–Crippen LogP) is 5.88. The molecule has 0 spiro atoms. The van der Waals surface area contributed by atoms with Crippen LogP contribution in [-0.2, 0) is 16.2 Å². The van der Waals surface area contributed by atoms with Gasteiger partial charge in [-0.2, -0.15) is 5.06 Å². The van der Waals surface area contributed by atoms with Crippen LogP contribution in [0.1, 0.15) is 83.7 Å². The second-order valence-electron chi connectivity index (χ2n) is 17.7. The zero-order chi connectivity index (χ0) is 38.3. The van der Waals surface area contributed by atoms with Gasteiger partial charge in [0.05, 0.1) is 26.4 Å². The van der Waals surface area contributed by atoms with Crippen molar-refractivity contribution in [1.29, 1.82) is 0 Å². The molecule has 3 aliphatic carbocycles. The van der Waals surface area contributed by atoms with Crippen LogP contribution in [0.2, 0.25) is 0 Å². The average Bonchev–Trinajstić information content (AvgIpc) is 3.42. The summed E-state index contributed by atoms with van der Waals surface area (Å²) in [4.78, 5) is 36.2. The van der Waals surface area contributed by atoms with Gasteiger partial charge in [0, 0.05) is 45.7 Å². The summed E-state index contributed by atoms with van der Waals surface area (Å²) in [5.41, 5.74) is 3.18. The van der Waals surface area contributed by atoms with E-state index in [0.29, 0.717) is 29.1 Å². The largest absolute Gasteiger partial charge is 0.496 e. The second kappa shape index (κ2) is 16.1. The van der Waals surface area contributed by atoms with Crippen LogP contribution in [-0.4, -0.2) is 96.7 Å². The number of rotatable bonds is 13. The van der Waals surface area contributed by atoms with Gasteiger partial charge in [-0.15, -0.1) is 0 Å². The molecule has 0 aromatic heterocycles. The van der Waals surface area contributed by atoms with Crippen LogP contribution in [0.4, 0.5) is 0 Å². The molecule has 0 unspecified atom stereocenters. The van der Waals surface area contributed by atoms with Gasteiger partial charge in [-0.25, -0.2) is 0 Å². The molecule has 4 fully saturated rings. The topological polar surface area (TPSA) is 124 Å². The number of amides is 2. The molecule has 0 radical (unpaired) electrons. The smallest absolute Gasteiger partial charge is 0.251 e. The van der Waals surface area contributed by atoms with Crippen molar-refractivity contribution >= 4 is 27.7 Å². The number of hydrogen-bond donors (Lipinski definition) is 4. The molecule has 288 valence electrons. The van der Waals surface area contributed by atoms with E-state index in [1.165, 1.54) is 6.42 Å². The summed E-state index contributed by atoms with van der Waals surface area (Å²) in [5.74, 6) is 1.07. The molecule has 4 aliphatic rings. The van der Waals surface area contributed by atoms with Gasteiger partial charge in [0.2, 0.25) is 5.91 Å². The maximum Gasteiger partial charge on any atom is 0.251 e. The lowest BCUT2D eigenvalue weighted by atomic mass is 9.45. The molecule has 52 heavy (non-hydrogen) atoms. The number of carbonyl (C=O) groups excluding carboxylic acids is 2. The number of benzene rings is 2. The van der Waals surface area contributed by atoms with Crippen LogP contribution in [0.25, 0.3) is 11.1 Å². The number of hydrogen-bond acceptors (Lipinski definition) is 8. The Bertz CT molecular complexity index is 1590. The highest BCUT2D eigenvalue weighted by Gasteiger charge is 2.57. The first-order valence-corrected chi connectivity index (χ1v) is 19.6. The third-order valence-corrected chi connectivity index (χ3v) is 12.4. The summed E-state index contributed by atoms with van der Waals surface area (Å²) < 4.78 is 6.79. The number of methoxy groups -OCH3 is 1. The Kier molecular flexibility index (Phi) is 12.5. The van der Waals surface area contributed by atoms with Gasteiger partial charge in [0.15, 0.2) is 0 Å². The van der Waals surface area contributed by atoms with Crippen molar-refractivity contribution in [2.24, 2.45) is 34.5 Å². The van der Waals surface area contributed by atoms with Gasteiger partial charge in [-0.3, -0.25) is 14.4 Å². The molecule has 4 N–H and O–H groups in total. The molecule has 1 heterocycles. The quantitative estimate of drug-likeness (QED) is 0.199. The molecular weight excluding hydrogens is 724 g/mol. The third kappa shape index (κ3) is 8.71. The molecule has 2 bridgehead atoms. The van der Waals surface area contributed by atoms with E-state index >= 15 is 0 Å². The summed E-state index contributed by atoms with van der Waals surface area (Å²) in [6.45, 7) is 15.6. The molecule has 10 nitrogen and oxygen atoms in total. The minimum absolute atomic E-state index is 0.0273. The van der Waals surface area contributed by atoms with Crippen molar-refractivity contribution < 1.29 is 29.4 Å². The summed E-state index contributed by atoms with van der Waals surface area (Å²) >= 11 is 3.64. The number of carbonyl (C=O) groups is 2. The Balaban J connectivity index is 1.41. The van der Waals surface area contributed by atoms with Crippen LogP contribution in [0.5, 0.6) is 5.75 Å². The molecule has 2 amide bonds. The molecular formula is C41H61BrN4O6. The lowest BCUT2D eigenvalue weighted by Gasteiger charge is -2.62. The Hall–Kier alpha value is -2.54. The van der Waals surface area contributed by atoms with Crippen molar-refractivity contribution in [2.75, 3.05) is 34.4 Å².